The van der Waals surface area contributed by atoms with Crippen molar-refractivity contribution in [3.8, 4) is 0 Å². The molecule has 0 unspecified atom stereocenters. The highest BCUT2D eigenvalue weighted by Gasteiger charge is 2.27. The van der Waals surface area contributed by atoms with Gasteiger partial charge in [0, 0.05) is 23.1 Å². The van der Waals surface area contributed by atoms with E-state index < -0.39 is 10.0 Å². The molecule has 7 heteroatoms. The first-order chi connectivity index (χ1) is 12.8. The molecule has 5 nitrogen and oxygen atoms in total. The summed E-state index contributed by atoms with van der Waals surface area (Å²) in [4.78, 5) is 13.0. The van der Waals surface area contributed by atoms with E-state index in [0.29, 0.717) is 24.3 Å². The van der Waals surface area contributed by atoms with Crippen LogP contribution in [0.3, 0.4) is 0 Å². The van der Waals surface area contributed by atoms with E-state index in [1.54, 1.807) is 19.1 Å². The van der Waals surface area contributed by atoms with Crippen LogP contribution in [0.15, 0.2) is 45.8 Å². The Labute approximate surface area is 169 Å². The second-order valence-corrected chi connectivity index (χ2v) is 9.67. The Balaban J connectivity index is 1.89. The lowest BCUT2D eigenvalue weighted by Crippen LogP contribution is -2.35. The maximum Gasteiger partial charge on any atom is 0.256 e. The molecule has 0 aliphatic carbocycles. The van der Waals surface area contributed by atoms with Crippen molar-refractivity contribution in [3.63, 3.8) is 0 Å². The van der Waals surface area contributed by atoms with Crippen LogP contribution >= 0.6 is 15.9 Å². The molecule has 1 saturated heterocycles. The third kappa shape index (κ3) is 4.42. The standard InChI is InChI=1S/C20H23BrN2O3S/c1-14-6-9-19(18(21)12-14)22-20(24)17-13-16(8-7-15(17)2)27(25,26)23-10-4-3-5-11-23/h6-9,12-13H,3-5,10-11H2,1-2H3,(H,22,24). The SMILES string of the molecule is Cc1ccc(NC(=O)c2cc(S(=O)(=O)N3CCCCC3)ccc2C)c(Br)c1. The van der Waals surface area contributed by atoms with E-state index in [2.05, 4.69) is 21.2 Å². The smallest absolute Gasteiger partial charge is 0.256 e. The van der Waals surface area contributed by atoms with Gasteiger partial charge in [-0.25, -0.2) is 8.42 Å². The second kappa shape index (κ2) is 8.12. The minimum Gasteiger partial charge on any atom is -0.321 e. The van der Waals surface area contributed by atoms with Gasteiger partial charge in [-0.2, -0.15) is 4.31 Å². The molecule has 1 aliphatic rings. The number of nitrogens with zero attached hydrogens (tertiary/aromatic N) is 1. The average Bonchev–Trinajstić information content (AvgIpc) is 2.65. The van der Waals surface area contributed by atoms with Gasteiger partial charge in [-0.05, 0) is 78.0 Å². The maximum atomic E-state index is 12.9. The second-order valence-electron chi connectivity index (χ2n) is 6.88. The number of sulfonamides is 1. The number of carbonyl (C=O) groups excluding carboxylic acids is 1. The molecular formula is C20H23BrN2O3S. The number of amides is 1. The molecule has 3 rings (SSSR count). The van der Waals surface area contributed by atoms with E-state index in [9.17, 15) is 13.2 Å². The predicted molar refractivity (Wildman–Crippen MR) is 111 cm³/mol. The molecule has 1 aliphatic heterocycles. The summed E-state index contributed by atoms with van der Waals surface area (Å²) in [6.07, 6.45) is 2.80. The molecule has 0 saturated carbocycles. The molecule has 0 radical (unpaired) electrons. The third-order valence-corrected chi connectivity index (χ3v) is 7.33. The number of piperidine rings is 1. The summed E-state index contributed by atoms with van der Waals surface area (Å²) in [7, 11) is -3.58. The fourth-order valence-corrected chi connectivity index (χ4v) is 5.31. The molecule has 1 N–H and O–H groups in total. The molecular weight excluding hydrogens is 428 g/mol. The molecule has 2 aromatic carbocycles. The molecule has 0 bridgehead atoms. The van der Waals surface area contributed by atoms with Crippen molar-refractivity contribution in [1.82, 2.24) is 4.31 Å². The Kier molecular flexibility index (Phi) is 6.03. The zero-order valence-electron chi connectivity index (χ0n) is 15.5. The fraction of sp³-hybridized carbons (Fsp3) is 0.350. The molecule has 0 spiro atoms. The zero-order chi connectivity index (χ0) is 19.6. The zero-order valence-corrected chi connectivity index (χ0v) is 17.9. The van der Waals surface area contributed by atoms with Crippen molar-refractivity contribution in [2.45, 2.75) is 38.0 Å². The van der Waals surface area contributed by atoms with Gasteiger partial charge in [-0.15, -0.1) is 0 Å². The number of hydrogen-bond acceptors (Lipinski definition) is 3. The Morgan fingerprint density at radius 1 is 1.04 bits per heavy atom. The van der Waals surface area contributed by atoms with Crippen LogP contribution in [0.25, 0.3) is 0 Å². The van der Waals surface area contributed by atoms with Crippen LogP contribution in [0, 0.1) is 13.8 Å². The monoisotopic (exact) mass is 450 g/mol. The van der Waals surface area contributed by atoms with Crippen LogP contribution in [0.2, 0.25) is 0 Å². The van der Waals surface area contributed by atoms with Gasteiger partial charge < -0.3 is 5.32 Å². The van der Waals surface area contributed by atoms with Crippen LogP contribution in [-0.4, -0.2) is 31.7 Å². The summed E-state index contributed by atoms with van der Waals surface area (Å²) < 4.78 is 28.1. The molecule has 1 heterocycles. The van der Waals surface area contributed by atoms with Gasteiger partial charge in [-0.3, -0.25) is 4.79 Å². The Bertz CT molecular complexity index is 967. The highest BCUT2D eigenvalue weighted by molar-refractivity contribution is 9.10. The largest absolute Gasteiger partial charge is 0.321 e. The number of aryl methyl sites for hydroxylation is 2. The Morgan fingerprint density at radius 2 is 1.74 bits per heavy atom. The molecule has 27 heavy (non-hydrogen) atoms. The first kappa shape index (κ1) is 20.0. The third-order valence-electron chi connectivity index (χ3n) is 4.78. The van der Waals surface area contributed by atoms with Gasteiger partial charge in [-0.1, -0.05) is 18.6 Å². The Morgan fingerprint density at radius 3 is 2.41 bits per heavy atom. The van der Waals surface area contributed by atoms with Gasteiger partial charge in [0.25, 0.3) is 5.91 Å². The van der Waals surface area contributed by atoms with E-state index >= 15 is 0 Å². The van der Waals surface area contributed by atoms with E-state index in [0.717, 1.165) is 34.9 Å². The minimum absolute atomic E-state index is 0.170. The number of halogens is 1. The van der Waals surface area contributed by atoms with Crippen LogP contribution < -0.4 is 5.32 Å². The summed E-state index contributed by atoms with van der Waals surface area (Å²) in [5.41, 5.74) is 2.81. The van der Waals surface area contributed by atoms with Gasteiger partial charge in [0.2, 0.25) is 10.0 Å². The first-order valence-electron chi connectivity index (χ1n) is 8.97. The number of rotatable bonds is 4. The van der Waals surface area contributed by atoms with Gasteiger partial charge in [0.1, 0.15) is 0 Å². The van der Waals surface area contributed by atoms with Crippen LogP contribution in [-0.2, 0) is 10.0 Å². The van der Waals surface area contributed by atoms with Crippen molar-refractivity contribution >= 4 is 37.5 Å². The summed E-state index contributed by atoms with van der Waals surface area (Å²) in [5.74, 6) is -0.326. The molecule has 2 aromatic rings. The number of nitrogens with one attached hydrogen (secondary N) is 1. The van der Waals surface area contributed by atoms with Crippen molar-refractivity contribution in [2.24, 2.45) is 0 Å². The van der Waals surface area contributed by atoms with Gasteiger partial charge in [0.05, 0.1) is 10.6 Å². The lowest BCUT2D eigenvalue weighted by molar-refractivity contribution is 0.102. The Hall–Kier alpha value is -1.70. The van der Waals surface area contributed by atoms with Crippen molar-refractivity contribution in [3.05, 3.63) is 57.6 Å². The number of carbonyl (C=O) groups is 1. The normalized spacial score (nSPS) is 15.5. The summed E-state index contributed by atoms with van der Waals surface area (Å²) >= 11 is 3.45. The van der Waals surface area contributed by atoms with Gasteiger partial charge >= 0.3 is 0 Å². The predicted octanol–water partition coefficient (Wildman–Crippen LogP) is 4.49. The highest BCUT2D eigenvalue weighted by Crippen LogP contribution is 2.26. The van der Waals surface area contributed by atoms with Crippen molar-refractivity contribution in [1.29, 1.82) is 0 Å². The van der Waals surface area contributed by atoms with Crippen molar-refractivity contribution in [2.75, 3.05) is 18.4 Å². The highest BCUT2D eigenvalue weighted by atomic mass is 79.9. The molecule has 1 amide bonds. The fourth-order valence-electron chi connectivity index (χ4n) is 3.17. The lowest BCUT2D eigenvalue weighted by atomic mass is 10.1. The molecule has 0 atom stereocenters. The summed E-state index contributed by atoms with van der Waals surface area (Å²) in [5, 5.41) is 2.86. The molecule has 1 fully saturated rings. The van der Waals surface area contributed by atoms with Crippen LogP contribution in [0.1, 0.15) is 40.7 Å². The summed E-state index contributed by atoms with van der Waals surface area (Å²) in [6, 6.07) is 10.4. The summed E-state index contributed by atoms with van der Waals surface area (Å²) in [6.45, 7) is 4.84. The van der Waals surface area contributed by atoms with E-state index in [4.69, 9.17) is 0 Å². The van der Waals surface area contributed by atoms with Crippen LogP contribution in [0.5, 0.6) is 0 Å². The number of hydrogen-bond donors (Lipinski definition) is 1. The van der Waals surface area contributed by atoms with Crippen LogP contribution in [0.4, 0.5) is 5.69 Å². The minimum atomic E-state index is -3.58. The van der Waals surface area contributed by atoms with Gasteiger partial charge in [0.15, 0.2) is 0 Å². The van der Waals surface area contributed by atoms with E-state index in [1.807, 2.05) is 25.1 Å². The maximum absolute atomic E-state index is 12.9. The molecule has 0 aromatic heterocycles. The number of benzene rings is 2. The molecule has 144 valence electrons. The quantitative estimate of drug-likeness (QED) is 0.745. The topological polar surface area (TPSA) is 66.5 Å². The first-order valence-corrected chi connectivity index (χ1v) is 11.2. The van der Waals surface area contributed by atoms with E-state index in [1.165, 1.54) is 10.4 Å². The lowest BCUT2D eigenvalue weighted by Gasteiger charge is -2.26. The van der Waals surface area contributed by atoms with E-state index in [-0.39, 0.29) is 10.8 Å². The number of anilines is 1. The van der Waals surface area contributed by atoms with Crippen molar-refractivity contribution < 1.29 is 13.2 Å². The average molecular weight is 451 g/mol.